The number of H-pyrrole nitrogens is 1. The van der Waals surface area contributed by atoms with Crippen molar-refractivity contribution in [2.75, 3.05) is 13.2 Å². The fourth-order valence-corrected chi connectivity index (χ4v) is 2.50. The summed E-state index contributed by atoms with van der Waals surface area (Å²) in [6, 6.07) is 7.52. The second-order valence-electron chi connectivity index (χ2n) is 5.12. The molecule has 118 valence electrons. The molecule has 0 saturated carbocycles. The van der Waals surface area contributed by atoms with Crippen LogP contribution in [0, 0.1) is 6.92 Å². The number of nitrogens with one attached hydrogen (secondary N) is 1. The van der Waals surface area contributed by atoms with Crippen LogP contribution >= 0.6 is 11.6 Å². The minimum absolute atomic E-state index is 0.0128. The van der Waals surface area contributed by atoms with Gasteiger partial charge in [-0.1, -0.05) is 29.8 Å². The van der Waals surface area contributed by atoms with E-state index in [4.69, 9.17) is 16.7 Å². The van der Waals surface area contributed by atoms with E-state index in [1.54, 1.807) is 11.1 Å². The topological polar surface area (TPSA) is 69.2 Å². The van der Waals surface area contributed by atoms with Gasteiger partial charge in [0.2, 0.25) is 5.91 Å². The smallest absolute Gasteiger partial charge is 0.223 e. The number of aryl methyl sites for hydroxylation is 2. The Kier molecular flexibility index (Phi) is 5.98. The SMILES string of the molecule is Cc1ncc(CN(CCO)C(=O)CCc2ccccc2Cl)[nH]1. The largest absolute Gasteiger partial charge is 0.395 e. The van der Waals surface area contributed by atoms with E-state index in [9.17, 15) is 4.79 Å². The molecule has 1 heterocycles. The molecule has 0 aliphatic heterocycles. The summed E-state index contributed by atoms with van der Waals surface area (Å²) in [5.74, 6) is 0.795. The molecule has 2 rings (SSSR count). The van der Waals surface area contributed by atoms with E-state index in [0.29, 0.717) is 31.0 Å². The zero-order chi connectivity index (χ0) is 15.9. The lowest BCUT2D eigenvalue weighted by Crippen LogP contribution is -2.33. The molecule has 0 aliphatic rings. The fourth-order valence-electron chi connectivity index (χ4n) is 2.27. The van der Waals surface area contributed by atoms with Gasteiger partial charge in [0.1, 0.15) is 5.82 Å². The van der Waals surface area contributed by atoms with Gasteiger partial charge >= 0.3 is 0 Å². The summed E-state index contributed by atoms with van der Waals surface area (Å²) in [4.78, 5) is 21.2. The first-order valence-corrected chi connectivity index (χ1v) is 7.60. The molecule has 1 amide bonds. The highest BCUT2D eigenvalue weighted by atomic mass is 35.5. The third kappa shape index (κ3) is 4.58. The first-order valence-electron chi connectivity index (χ1n) is 7.22. The minimum atomic E-state index is -0.0645. The number of hydrogen-bond donors (Lipinski definition) is 2. The van der Waals surface area contributed by atoms with Crippen molar-refractivity contribution in [3.05, 3.63) is 52.6 Å². The van der Waals surface area contributed by atoms with Crippen LogP contribution in [0.25, 0.3) is 0 Å². The third-order valence-corrected chi connectivity index (χ3v) is 3.77. The van der Waals surface area contributed by atoms with E-state index in [0.717, 1.165) is 17.1 Å². The molecule has 0 bridgehead atoms. The van der Waals surface area contributed by atoms with E-state index in [2.05, 4.69) is 9.97 Å². The maximum Gasteiger partial charge on any atom is 0.223 e. The van der Waals surface area contributed by atoms with Crippen LogP contribution in [0.5, 0.6) is 0 Å². The predicted octanol–water partition coefficient (Wildman–Crippen LogP) is 2.33. The van der Waals surface area contributed by atoms with E-state index in [1.807, 2.05) is 31.2 Å². The van der Waals surface area contributed by atoms with Gasteiger partial charge in [-0.15, -0.1) is 0 Å². The monoisotopic (exact) mass is 321 g/mol. The molecule has 0 saturated heterocycles. The molecule has 2 N–H and O–H groups in total. The number of aliphatic hydroxyl groups is 1. The van der Waals surface area contributed by atoms with Crippen LogP contribution in [-0.4, -0.2) is 39.0 Å². The molecular formula is C16H20ClN3O2. The second-order valence-corrected chi connectivity index (χ2v) is 5.53. The number of amides is 1. The molecule has 0 aliphatic carbocycles. The Labute approximate surface area is 134 Å². The van der Waals surface area contributed by atoms with E-state index < -0.39 is 0 Å². The summed E-state index contributed by atoms with van der Waals surface area (Å²) in [5, 5.41) is 9.83. The maximum absolute atomic E-state index is 12.4. The standard InChI is InChI=1S/C16H20ClN3O2/c1-12-18-10-14(19-12)11-20(8-9-21)16(22)7-6-13-4-2-3-5-15(13)17/h2-5,10,21H,6-9,11H2,1H3,(H,18,19). The molecular weight excluding hydrogens is 302 g/mol. The number of benzene rings is 1. The molecule has 0 radical (unpaired) electrons. The first-order chi connectivity index (χ1) is 10.6. The number of nitrogens with zero attached hydrogens (tertiary/aromatic N) is 2. The Hall–Kier alpha value is -1.85. The molecule has 22 heavy (non-hydrogen) atoms. The van der Waals surface area contributed by atoms with Crippen LogP contribution in [-0.2, 0) is 17.8 Å². The molecule has 1 aromatic carbocycles. The molecule has 0 atom stereocenters. The number of halogens is 1. The number of aromatic nitrogens is 2. The zero-order valence-corrected chi connectivity index (χ0v) is 13.3. The van der Waals surface area contributed by atoms with Gasteiger partial charge in [-0.2, -0.15) is 0 Å². The van der Waals surface area contributed by atoms with E-state index >= 15 is 0 Å². The van der Waals surface area contributed by atoms with Gasteiger partial charge < -0.3 is 15.0 Å². The summed E-state index contributed by atoms with van der Waals surface area (Å²) in [5.41, 5.74) is 1.82. The first kappa shape index (κ1) is 16.5. The quantitative estimate of drug-likeness (QED) is 0.822. The van der Waals surface area contributed by atoms with Crippen molar-refractivity contribution in [2.45, 2.75) is 26.3 Å². The van der Waals surface area contributed by atoms with Crippen molar-refractivity contribution in [1.82, 2.24) is 14.9 Å². The Bertz CT molecular complexity index is 627. The third-order valence-electron chi connectivity index (χ3n) is 3.41. The van der Waals surface area contributed by atoms with Gasteiger partial charge in [0.15, 0.2) is 0 Å². The summed E-state index contributed by atoms with van der Waals surface area (Å²) in [7, 11) is 0. The van der Waals surface area contributed by atoms with Crippen molar-refractivity contribution in [2.24, 2.45) is 0 Å². The van der Waals surface area contributed by atoms with Crippen LogP contribution in [0.2, 0.25) is 5.02 Å². The summed E-state index contributed by atoms with van der Waals surface area (Å²) in [6.45, 7) is 2.52. The fraction of sp³-hybridized carbons (Fsp3) is 0.375. The number of aliphatic hydroxyl groups excluding tert-OH is 1. The van der Waals surface area contributed by atoms with Crippen LogP contribution in [0.1, 0.15) is 23.5 Å². The van der Waals surface area contributed by atoms with Crippen LogP contribution < -0.4 is 0 Å². The Balaban J connectivity index is 1.96. The summed E-state index contributed by atoms with van der Waals surface area (Å²) < 4.78 is 0. The molecule has 0 spiro atoms. The second kappa shape index (κ2) is 7.96. The van der Waals surface area contributed by atoms with Crippen molar-refractivity contribution < 1.29 is 9.90 Å². The molecule has 6 heteroatoms. The minimum Gasteiger partial charge on any atom is -0.395 e. The van der Waals surface area contributed by atoms with Gasteiger partial charge in [-0.3, -0.25) is 4.79 Å². The lowest BCUT2D eigenvalue weighted by Gasteiger charge is -2.21. The highest BCUT2D eigenvalue weighted by molar-refractivity contribution is 6.31. The molecule has 0 fully saturated rings. The van der Waals surface area contributed by atoms with Crippen molar-refractivity contribution in [3.8, 4) is 0 Å². The van der Waals surface area contributed by atoms with Gasteiger partial charge in [-0.25, -0.2) is 4.98 Å². The lowest BCUT2D eigenvalue weighted by molar-refractivity contribution is -0.132. The van der Waals surface area contributed by atoms with Gasteiger partial charge in [0.25, 0.3) is 0 Å². The van der Waals surface area contributed by atoms with Crippen LogP contribution in [0.3, 0.4) is 0 Å². The zero-order valence-electron chi connectivity index (χ0n) is 12.6. The molecule has 1 aromatic heterocycles. The number of rotatable bonds is 7. The normalized spacial score (nSPS) is 10.7. The average molecular weight is 322 g/mol. The maximum atomic E-state index is 12.4. The van der Waals surface area contributed by atoms with E-state index in [-0.39, 0.29) is 12.5 Å². The number of carbonyl (C=O) groups is 1. The van der Waals surface area contributed by atoms with Gasteiger partial charge in [-0.05, 0) is 25.0 Å². The van der Waals surface area contributed by atoms with Crippen LogP contribution in [0.15, 0.2) is 30.5 Å². The van der Waals surface area contributed by atoms with Gasteiger partial charge in [0, 0.05) is 18.0 Å². The van der Waals surface area contributed by atoms with Gasteiger partial charge in [0.05, 0.1) is 25.0 Å². The predicted molar refractivity (Wildman–Crippen MR) is 85.6 cm³/mol. The lowest BCUT2D eigenvalue weighted by atomic mass is 10.1. The summed E-state index contributed by atoms with van der Waals surface area (Å²) in [6.07, 6.45) is 2.65. The Morgan fingerprint density at radius 3 is 2.82 bits per heavy atom. The Morgan fingerprint density at radius 1 is 1.41 bits per heavy atom. The number of imidazole rings is 1. The van der Waals surface area contributed by atoms with Crippen molar-refractivity contribution in [1.29, 1.82) is 0 Å². The summed E-state index contributed by atoms with van der Waals surface area (Å²) >= 11 is 6.10. The van der Waals surface area contributed by atoms with Crippen LogP contribution in [0.4, 0.5) is 0 Å². The molecule has 0 unspecified atom stereocenters. The highest BCUT2D eigenvalue weighted by Crippen LogP contribution is 2.17. The molecule has 2 aromatic rings. The van der Waals surface area contributed by atoms with Crippen molar-refractivity contribution in [3.63, 3.8) is 0 Å². The number of hydrogen-bond acceptors (Lipinski definition) is 3. The Morgan fingerprint density at radius 2 is 2.18 bits per heavy atom. The number of aromatic amines is 1. The average Bonchev–Trinajstić information content (AvgIpc) is 2.91. The molecule has 5 nitrogen and oxygen atoms in total. The number of carbonyl (C=O) groups excluding carboxylic acids is 1. The van der Waals surface area contributed by atoms with E-state index in [1.165, 1.54) is 0 Å². The van der Waals surface area contributed by atoms with Crippen molar-refractivity contribution >= 4 is 17.5 Å². The highest BCUT2D eigenvalue weighted by Gasteiger charge is 2.15.